The summed E-state index contributed by atoms with van der Waals surface area (Å²) < 4.78 is 1.92. The van der Waals surface area contributed by atoms with Crippen LogP contribution in [0, 0.1) is 0 Å². The van der Waals surface area contributed by atoms with E-state index in [1.54, 1.807) is 0 Å². The van der Waals surface area contributed by atoms with Crippen LogP contribution in [0.25, 0.3) is 44.0 Å². The van der Waals surface area contributed by atoms with E-state index in [-0.39, 0.29) is 0 Å². The largest absolute Gasteiger partial charge is 0.383 e. The molecule has 0 spiro atoms. The van der Waals surface area contributed by atoms with Crippen molar-refractivity contribution in [1.82, 2.24) is 24.7 Å². The topological polar surface area (TPSA) is 85.4 Å². The molecular formula is C24H18N6. The van der Waals surface area contributed by atoms with Crippen molar-refractivity contribution in [3.8, 4) is 11.3 Å². The Morgan fingerprint density at radius 1 is 0.867 bits per heavy atom. The molecule has 0 aliphatic rings. The maximum Gasteiger partial charge on any atom is 0.164 e. The number of nitrogens with one attached hydrogen (secondary N) is 1. The van der Waals surface area contributed by atoms with Crippen LogP contribution in [0.3, 0.4) is 0 Å². The zero-order chi connectivity index (χ0) is 20.1. The predicted octanol–water partition coefficient (Wildman–Crippen LogP) is 4.76. The Labute approximate surface area is 172 Å². The molecule has 6 rings (SSSR count). The zero-order valence-electron chi connectivity index (χ0n) is 16.1. The lowest BCUT2D eigenvalue weighted by Crippen LogP contribution is -2.04. The Bertz CT molecular complexity index is 1540. The van der Waals surface area contributed by atoms with Crippen LogP contribution in [0.2, 0.25) is 0 Å². The van der Waals surface area contributed by atoms with Gasteiger partial charge in [0.2, 0.25) is 0 Å². The van der Waals surface area contributed by atoms with Crippen molar-refractivity contribution in [1.29, 1.82) is 0 Å². The van der Waals surface area contributed by atoms with E-state index in [9.17, 15) is 0 Å². The van der Waals surface area contributed by atoms with Crippen LogP contribution < -0.4 is 5.73 Å². The SMILES string of the molecule is Nc1ncnc2c1c(-c1c[nH]c3ccccc13)nn2Cc1cccc2ccccc12. The molecule has 3 aromatic carbocycles. The summed E-state index contributed by atoms with van der Waals surface area (Å²) in [6, 6.07) is 22.9. The molecule has 3 N–H and O–H groups in total. The summed E-state index contributed by atoms with van der Waals surface area (Å²) in [6.07, 6.45) is 3.47. The summed E-state index contributed by atoms with van der Waals surface area (Å²) >= 11 is 0. The third-order valence-corrected chi connectivity index (χ3v) is 5.60. The quantitative estimate of drug-likeness (QED) is 0.456. The Balaban J connectivity index is 1.58. The molecule has 6 heteroatoms. The van der Waals surface area contributed by atoms with Gasteiger partial charge in [0.15, 0.2) is 5.65 Å². The smallest absolute Gasteiger partial charge is 0.164 e. The number of aromatic amines is 1. The molecule has 6 aromatic rings. The number of aromatic nitrogens is 5. The molecule has 0 unspecified atom stereocenters. The number of fused-ring (bicyclic) bond motifs is 3. The highest BCUT2D eigenvalue weighted by Gasteiger charge is 2.19. The van der Waals surface area contributed by atoms with Gasteiger partial charge in [-0.25, -0.2) is 14.6 Å². The van der Waals surface area contributed by atoms with E-state index in [1.807, 2.05) is 29.1 Å². The van der Waals surface area contributed by atoms with Gasteiger partial charge in [-0.3, -0.25) is 0 Å². The Morgan fingerprint density at radius 2 is 1.67 bits per heavy atom. The van der Waals surface area contributed by atoms with Gasteiger partial charge in [0.25, 0.3) is 0 Å². The summed E-state index contributed by atoms with van der Waals surface area (Å²) in [6.45, 7) is 0.594. The highest BCUT2D eigenvalue weighted by Crippen LogP contribution is 2.35. The van der Waals surface area contributed by atoms with Crippen molar-refractivity contribution in [3.63, 3.8) is 0 Å². The number of hydrogen-bond acceptors (Lipinski definition) is 4. The molecule has 0 aliphatic carbocycles. The first-order chi connectivity index (χ1) is 14.8. The molecule has 0 amide bonds. The second kappa shape index (κ2) is 6.42. The molecule has 30 heavy (non-hydrogen) atoms. The van der Waals surface area contributed by atoms with Gasteiger partial charge in [-0.15, -0.1) is 0 Å². The lowest BCUT2D eigenvalue weighted by atomic mass is 10.0. The first-order valence-electron chi connectivity index (χ1n) is 9.80. The molecule has 0 bridgehead atoms. The van der Waals surface area contributed by atoms with Crippen LogP contribution in [0.1, 0.15) is 5.56 Å². The van der Waals surface area contributed by atoms with Crippen LogP contribution in [0.5, 0.6) is 0 Å². The van der Waals surface area contributed by atoms with Gasteiger partial charge >= 0.3 is 0 Å². The minimum absolute atomic E-state index is 0.435. The van der Waals surface area contributed by atoms with Crippen LogP contribution in [-0.4, -0.2) is 24.7 Å². The lowest BCUT2D eigenvalue weighted by Gasteiger charge is -2.07. The molecule has 0 fully saturated rings. The Kier molecular flexibility index (Phi) is 3.58. The number of H-pyrrole nitrogens is 1. The van der Waals surface area contributed by atoms with Gasteiger partial charge in [0, 0.05) is 22.7 Å². The van der Waals surface area contributed by atoms with E-state index in [0.29, 0.717) is 12.4 Å². The maximum absolute atomic E-state index is 6.29. The van der Waals surface area contributed by atoms with Gasteiger partial charge in [-0.05, 0) is 22.4 Å². The number of benzene rings is 3. The fourth-order valence-corrected chi connectivity index (χ4v) is 4.19. The average molecular weight is 390 g/mol. The highest BCUT2D eigenvalue weighted by molar-refractivity contribution is 6.05. The summed E-state index contributed by atoms with van der Waals surface area (Å²) in [5.41, 5.74) is 11.0. The molecule has 6 nitrogen and oxygen atoms in total. The van der Waals surface area contributed by atoms with E-state index < -0.39 is 0 Å². The van der Waals surface area contributed by atoms with E-state index >= 15 is 0 Å². The summed E-state index contributed by atoms with van der Waals surface area (Å²) in [7, 11) is 0. The Morgan fingerprint density at radius 3 is 2.60 bits per heavy atom. The van der Waals surface area contributed by atoms with Gasteiger partial charge in [0.1, 0.15) is 17.8 Å². The van der Waals surface area contributed by atoms with Gasteiger partial charge in [-0.2, -0.15) is 5.10 Å². The number of para-hydroxylation sites is 1. The monoisotopic (exact) mass is 390 g/mol. The first-order valence-corrected chi connectivity index (χ1v) is 9.80. The number of hydrogen-bond donors (Lipinski definition) is 2. The number of nitrogens with two attached hydrogens (primary N) is 1. The highest BCUT2D eigenvalue weighted by atomic mass is 15.3. The fraction of sp³-hybridized carbons (Fsp3) is 0.0417. The van der Waals surface area contributed by atoms with Crippen LogP contribution in [-0.2, 0) is 6.54 Å². The van der Waals surface area contributed by atoms with Crippen molar-refractivity contribution in [2.75, 3.05) is 5.73 Å². The van der Waals surface area contributed by atoms with Crippen molar-refractivity contribution in [2.24, 2.45) is 0 Å². The van der Waals surface area contributed by atoms with Crippen molar-refractivity contribution in [2.45, 2.75) is 6.54 Å². The molecule has 144 valence electrons. The Hall–Kier alpha value is -4.19. The molecule has 0 atom stereocenters. The second-order valence-corrected chi connectivity index (χ2v) is 7.35. The normalized spacial score (nSPS) is 11.6. The molecule has 0 aliphatic heterocycles. The maximum atomic E-state index is 6.29. The number of nitrogens with zero attached hydrogens (tertiary/aromatic N) is 4. The minimum Gasteiger partial charge on any atom is -0.383 e. The zero-order valence-corrected chi connectivity index (χ0v) is 16.1. The lowest BCUT2D eigenvalue weighted by molar-refractivity contribution is 0.710. The van der Waals surface area contributed by atoms with Crippen LogP contribution >= 0.6 is 0 Å². The number of rotatable bonds is 3. The predicted molar refractivity (Wildman–Crippen MR) is 120 cm³/mol. The van der Waals surface area contributed by atoms with Crippen molar-refractivity contribution >= 4 is 38.5 Å². The molecule has 0 saturated carbocycles. The van der Waals surface area contributed by atoms with Crippen molar-refractivity contribution in [3.05, 3.63) is 84.8 Å². The van der Waals surface area contributed by atoms with Gasteiger partial charge in [0.05, 0.1) is 11.9 Å². The van der Waals surface area contributed by atoms with Gasteiger partial charge < -0.3 is 10.7 Å². The summed E-state index contributed by atoms with van der Waals surface area (Å²) in [4.78, 5) is 12.1. The van der Waals surface area contributed by atoms with E-state index in [0.717, 1.165) is 33.2 Å². The van der Waals surface area contributed by atoms with Gasteiger partial charge in [-0.1, -0.05) is 60.7 Å². The number of nitrogen functional groups attached to an aromatic ring is 1. The molecule has 0 radical (unpaired) electrons. The summed E-state index contributed by atoms with van der Waals surface area (Å²) in [5, 5.41) is 9.25. The third-order valence-electron chi connectivity index (χ3n) is 5.60. The minimum atomic E-state index is 0.435. The van der Waals surface area contributed by atoms with Crippen LogP contribution in [0.15, 0.2) is 79.3 Å². The third kappa shape index (κ3) is 2.47. The summed E-state index contributed by atoms with van der Waals surface area (Å²) in [5.74, 6) is 0.435. The molecule has 3 aromatic heterocycles. The molecule has 0 saturated heterocycles. The first kappa shape index (κ1) is 16.7. The average Bonchev–Trinajstić information content (AvgIpc) is 3.36. The standard InChI is InChI=1S/C24H18N6/c25-23-21-22(19-12-26-20-11-4-3-10-18(19)20)29-30(24(21)28-14-27-23)13-16-8-5-7-15-6-1-2-9-17(15)16/h1-12,14,26H,13H2,(H2,25,27,28). The fourth-order valence-electron chi connectivity index (χ4n) is 4.19. The van der Waals surface area contributed by atoms with E-state index in [2.05, 4.69) is 63.5 Å². The van der Waals surface area contributed by atoms with Crippen LogP contribution in [0.4, 0.5) is 5.82 Å². The molecule has 3 heterocycles. The van der Waals surface area contributed by atoms with E-state index in [4.69, 9.17) is 10.8 Å². The number of anilines is 1. The van der Waals surface area contributed by atoms with Crippen molar-refractivity contribution < 1.29 is 0 Å². The van der Waals surface area contributed by atoms with E-state index in [1.165, 1.54) is 22.7 Å². The molecular weight excluding hydrogens is 372 g/mol. The second-order valence-electron chi connectivity index (χ2n) is 7.35.